The van der Waals surface area contributed by atoms with Crippen molar-refractivity contribution in [2.24, 2.45) is 0 Å². The summed E-state index contributed by atoms with van der Waals surface area (Å²) in [6, 6.07) is 10.1. The van der Waals surface area contributed by atoms with E-state index in [0.29, 0.717) is 0 Å². The molecule has 0 unspecified atom stereocenters. The molecule has 1 fully saturated rings. The Bertz CT molecular complexity index is 306. The first-order valence-electron chi connectivity index (χ1n) is 3.98. The normalized spacial score (nSPS) is 16.6. The third kappa shape index (κ3) is 1.33. The minimum Gasteiger partial charge on any atom is -0.192 e. The van der Waals surface area contributed by atoms with Crippen LogP contribution in [0, 0.1) is 11.3 Å². The summed E-state index contributed by atoms with van der Waals surface area (Å²) in [5.41, 5.74) is 2.14. The van der Waals surface area contributed by atoms with Crippen molar-refractivity contribution in [3.8, 4) is 6.07 Å². The van der Waals surface area contributed by atoms with Crippen molar-refractivity contribution in [3.63, 3.8) is 0 Å². The van der Waals surface area contributed by atoms with E-state index >= 15 is 0 Å². The van der Waals surface area contributed by atoms with Crippen LogP contribution >= 0.6 is 11.8 Å². The van der Waals surface area contributed by atoms with Crippen LogP contribution in [0.15, 0.2) is 24.3 Å². The first kappa shape index (κ1) is 7.70. The second-order valence-corrected chi connectivity index (χ2v) is 4.04. The molecule has 0 aromatic heterocycles. The molecule has 0 atom stereocenters. The van der Waals surface area contributed by atoms with Gasteiger partial charge in [0.05, 0.1) is 11.6 Å². The lowest BCUT2D eigenvalue weighted by Crippen LogP contribution is -2.15. The maximum absolute atomic E-state index is 8.58. The van der Waals surface area contributed by atoms with Gasteiger partial charge < -0.3 is 0 Å². The lowest BCUT2D eigenvalue weighted by Gasteiger charge is -2.25. The summed E-state index contributed by atoms with van der Waals surface area (Å²) < 4.78 is 0. The number of nitrogens with zero attached hydrogens (tertiary/aromatic N) is 1. The molecular formula is C10H9NS. The fourth-order valence-corrected chi connectivity index (χ4v) is 2.11. The van der Waals surface area contributed by atoms with Gasteiger partial charge in [-0.3, -0.25) is 0 Å². The molecule has 1 nitrogen and oxygen atoms in total. The highest BCUT2D eigenvalue weighted by molar-refractivity contribution is 8.00. The molecule has 2 heteroatoms. The van der Waals surface area contributed by atoms with Gasteiger partial charge in [-0.25, -0.2) is 0 Å². The summed E-state index contributed by atoms with van der Waals surface area (Å²) in [6.45, 7) is 0. The topological polar surface area (TPSA) is 23.8 Å². The van der Waals surface area contributed by atoms with Crippen LogP contribution in [0.3, 0.4) is 0 Å². The summed E-state index contributed by atoms with van der Waals surface area (Å²) in [6.07, 6.45) is 0. The van der Waals surface area contributed by atoms with E-state index in [0.717, 1.165) is 11.5 Å². The van der Waals surface area contributed by atoms with Gasteiger partial charge in [0, 0.05) is 17.4 Å². The van der Waals surface area contributed by atoms with E-state index in [9.17, 15) is 0 Å². The first-order chi connectivity index (χ1) is 5.90. The first-order valence-corrected chi connectivity index (χ1v) is 5.13. The summed E-state index contributed by atoms with van der Waals surface area (Å²) in [4.78, 5) is 0. The molecule has 0 radical (unpaired) electrons. The van der Waals surface area contributed by atoms with Crippen LogP contribution in [0.1, 0.15) is 17.0 Å². The Morgan fingerprint density at radius 3 is 2.33 bits per heavy atom. The molecule has 1 aromatic rings. The predicted octanol–water partition coefficient (Wildman–Crippen LogP) is 2.39. The molecule has 2 rings (SSSR count). The maximum atomic E-state index is 8.58. The quantitative estimate of drug-likeness (QED) is 0.654. The van der Waals surface area contributed by atoms with E-state index in [2.05, 4.69) is 18.2 Å². The van der Waals surface area contributed by atoms with Crippen LogP contribution in [0.5, 0.6) is 0 Å². The molecule has 1 aliphatic rings. The summed E-state index contributed by atoms with van der Waals surface area (Å²) >= 11 is 1.98. The monoisotopic (exact) mass is 175 g/mol. The van der Waals surface area contributed by atoms with Gasteiger partial charge in [-0.05, 0) is 17.7 Å². The van der Waals surface area contributed by atoms with Gasteiger partial charge >= 0.3 is 0 Å². The average Bonchev–Trinajstić information content (AvgIpc) is 2.03. The largest absolute Gasteiger partial charge is 0.192 e. The van der Waals surface area contributed by atoms with Crippen LogP contribution in [0.25, 0.3) is 0 Å². The van der Waals surface area contributed by atoms with Crippen LogP contribution in [-0.4, -0.2) is 11.5 Å². The zero-order valence-corrected chi connectivity index (χ0v) is 7.47. The molecule has 0 saturated carbocycles. The van der Waals surface area contributed by atoms with E-state index in [1.165, 1.54) is 17.1 Å². The number of hydrogen-bond acceptors (Lipinski definition) is 2. The van der Waals surface area contributed by atoms with Crippen molar-refractivity contribution in [2.45, 2.75) is 5.92 Å². The molecule has 0 bridgehead atoms. The molecule has 1 heterocycles. The van der Waals surface area contributed by atoms with Crippen LogP contribution in [-0.2, 0) is 0 Å². The third-order valence-electron chi connectivity index (χ3n) is 2.15. The number of nitriles is 1. The molecule has 1 aliphatic heterocycles. The maximum Gasteiger partial charge on any atom is 0.0991 e. The smallest absolute Gasteiger partial charge is 0.0991 e. The SMILES string of the molecule is N#Cc1ccc(C2CSC2)cc1. The summed E-state index contributed by atoms with van der Waals surface area (Å²) in [5, 5.41) is 8.58. The fourth-order valence-electron chi connectivity index (χ4n) is 1.26. The Kier molecular flexibility index (Phi) is 2.05. The van der Waals surface area contributed by atoms with Crippen LogP contribution < -0.4 is 0 Å². The van der Waals surface area contributed by atoms with E-state index in [-0.39, 0.29) is 0 Å². The minimum absolute atomic E-state index is 0.739. The second kappa shape index (κ2) is 3.20. The highest BCUT2D eigenvalue weighted by Crippen LogP contribution is 2.33. The summed E-state index contributed by atoms with van der Waals surface area (Å²) in [5.74, 6) is 3.22. The van der Waals surface area contributed by atoms with Gasteiger partial charge in [-0.1, -0.05) is 12.1 Å². The molecule has 1 saturated heterocycles. The molecule has 0 spiro atoms. The molecule has 12 heavy (non-hydrogen) atoms. The standard InChI is InChI=1S/C10H9NS/c11-5-8-1-3-9(4-2-8)10-6-12-7-10/h1-4,10H,6-7H2. The summed E-state index contributed by atoms with van der Waals surface area (Å²) in [7, 11) is 0. The van der Waals surface area contributed by atoms with E-state index < -0.39 is 0 Å². The molecule has 0 aliphatic carbocycles. The number of benzene rings is 1. The molecule has 1 aromatic carbocycles. The zero-order valence-electron chi connectivity index (χ0n) is 6.66. The van der Waals surface area contributed by atoms with Gasteiger partial charge in [-0.2, -0.15) is 17.0 Å². The highest BCUT2D eigenvalue weighted by Gasteiger charge is 2.19. The van der Waals surface area contributed by atoms with Gasteiger partial charge in [-0.15, -0.1) is 0 Å². The number of hydrogen-bond donors (Lipinski definition) is 0. The lowest BCUT2D eigenvalue weighted by atomic mass is 10.0. The van der Waals surface area contributed by atoms with E-state index in [1.807, 2.05) is 23.9 Å². The lowest BCUT2D eigenvalue weighted by molar-refractivity contribution is 0.849. The van der Waals surface area contributed by atoms with Gasteiger partial charge in [0.1, 0.15) is 0 Å². The van der Waals surface area contributed by atoms with Gasteiger partial charge in [0.15, 0.2) is 0 Å². The van der Waals surface area contributed by atoms with Crippen molar-refractivity contribution in [3.05, 3.63) is 35.4 Å². The predicted molar refractivity (Wildman–Crippen MR) is 51.2 cm³/mol. The van der Waals surface area contributed by atoms with Crippen molar-refractivity contribution >= 4 is 11.8 Å². The molecule has 60 valence electrons. The van der Waals surface area contributed by atoms with Gasteiger partial charge in [0.25, 0.3) is 0 Å². The molecule has 0 amide bonds. The van der Waals surface area contributed by atoms with Crippen molar-refractivity contribution < 1.29 is 0 Å². The molecule has 0 N–H and O–H groups in total. The highest BCUT2D eigenvalue weighted by atomic mass is 32.2. The van der Waals surface area contributed by atoms with Crippen LogP contribution in [0.2, 0.25) is 0 Å². The minimum atomic E-state index is 0.739. The van der Waals surface area contributed by atoms with Crippen molar-refractivity contribution in [1.82, 2.24) is 0 Å². The Morgan fingerprint density at radius 2 is 1.92 bits per heavy atom. The Labute approximate surface area is 76.4 Å². The van der Waals surface area contributed by atoms with Crippen molar-refractivity contribution in [1.29, 1.82) is 5.26 Å². The second-order valence-electron chi connectivity index (χ2n) is 2.97. The Hall–Kier alpha value is -0.940. The third-order valence-corrected chi connectivity index (χ3v) is 3.43. The average molecular weight is 175 g/mol. The molecular weight excluding hydrogens is 166 g/mol. The van der Waals surface area contributed by atoms with Crippen molar-refractivity contribution in [2.75, 3.05) is 11.5 Å². The van der Waals surface area contributed by atoms with Crippen LogP contribution in [0.4, 0.5) is 0 Å². The van der Waals surface area contributed by atoms with E-state index in [4.69, 9.17) is 5.26 Å². The number of thioether (sulfide) groups is 1. The Balaban J connectivity index is 2.19. The van der Waals surface area contributed by atoms with Gasteiger partial charge in [0.2, 0.25) is 0 Å². The Morgan fingerprint density at radius 1 is 1.25 bits per heavy atom. The number of rotatable bonds is 1. The van der Waals surface area contributed by atoms with E-state index in [1.54, 1.807) is 0 Å². The fraction of sp³-hybridized carbons (Fsp3) is 0.300. The zero-order chi connectivity index (χ0) is 8.39.